The van der Waals surface area contributed by atoms with Crippen LogP contribution in [0.4, 0.5) is 0 Å². The summed E-state index contributed by atoms with van der Waals surface area (Å²) in [5, 5.41) is 11.6. The summed E-state index contributed by atoms with van der Waals surface area (Å²) in [6, 6.07) is 42.5. The van der Waals surface area contributed by atoms with E-state index in [0.29, 0.717) is 0 Å². The molecule has 4 nitrogen and oxygen atoms in total. The van der Waals surface area contributed by atoms with Crippen molar-refractivity contribution in [3.05, 3.63) is 144 Å². The molecule has 7 aromatic rings. The van der Waals surface area contributed by atoms with Crippen molar-refractivity contribution in [2.45, 2.75) is 51.9 Å². The Morgan fingerprint density at radius 3 is 2.10 bits per heavy atom. The van der Waals surface area contributed by atoms with Crippen LogP contribution in [0, 0.1) is 0 Å². The van der Waals surface area contributed by atoms with Gasteiger partial charge in [0.05, 0.1) is 28.0 Å². The van der Waals surface area contributed by atoms with E-state index >= 15 is 0 Å². The van der Waals surface area contributed by atoms with Crippen molar-refractivity contribution >= 4 is 11.0 Å². The molecular formula is C44H39N3O. The molecule has 0 amide bonds. The van der Waals surface area contributed by atoms with Crippen molar-refractivity contribution in [3.63, 3.8) is 0 Å². The monoisotopic (exact) mass is 625 g/mol. The largest absolute Gasteiger partial charge is 0.507 e. The highest BCUT2D eigenvalue weighted by atomic mass is 16.3. The van der Waals surface area contributed by atoms with Gasteiger partial charge >= 0.3 is 0 Å². The number of aromatic nitrogens is 3. The maximum atomic E-state index is 11.6. The maximum absolute atomic E-state index is 11.6. The minimum atomic E-state index is -0.0680. The van der Waals surface area contributed by atoms with Gasteiger partial charge in [-0.1, -0.05) is 93.6 Å². The van der Waals surface area contributed by atoms with Crippen LogP contribution in [0.1, 0.15) is 50.3 Å². The minimum Gasteiger partial charge on any atom is -0.507 e. The van der Waals surface area contributed by atoms with Crippen LogP contribution in [-0.4, -0.2) is 19.6 Å². The van der Waals surface area contributed by atoms with Crippen LogP contribution in [-0.2, 0) is 18.3 Å². The van der Waals surface area contributed by atoms with Crippen LogP contribution < -0.4 is 0 Å². The van der Waals surface area contributed by atoms with Gasteiger partial charge in [-0.3, -0.25) is 9.55 Å². The van der Waals surface area contributed by atoms with Gasteiger partial charge in [-0.15, -0.1) is 0 Å². The number of imidazole rings is 1. The molecule has 0 radical (unpaired) electrons. The fraction of sp³-hybridized carbons (Fsp3) is 0.182. The van der Waals surface area contributed by atoms with Gasteiger partial charge in [0, 0.05) is 22.9 Å². The number of aromatic hydroxyl groups is 1. The fourth-order valence-corrected chi connectivity index (χ4v) is 7.14. The van der Waals surface area contributed by atoms with Crippen molar-refractivity contribution in [2.24, 2.45) is 0 Å². The van der Waals surface area contributed by atoms with Gasteiger partial charge < -0.3 is 5.11 Å². The van der Waals surface area contributed by atoms with Gasteiger partial charge in [0.2, 0.25) is 0 Å². The molecule has 8 rings (SSSR count). The van der Waals surface area contributed by atoms with E-state index < -0.39 is 0 Å². The zero-order valence-electron chi connectivity index (χ0n) is 27.7. The van der Waals surface area contributed by atoms with Gasteiger partial charge in [0.15, 0.2) is 0 Å². The van der Waals surface area contributed by atoms with Crippen LogP contribution in [0.3, 0.4) is 0 Å². The first-order chi connectivity index (χ1) is 23.3. The highest BCUT2D eigenvalue weighted by Gasteiger charge is 2.24. The van der Waals surface area contributed by atoms with Crippen LogP contribution in [0.15, 0.2) is 128 Å². The highest BCUT2D eigenvalue weighted by molar-refractivity contribution is 5.97. The molecule has 4 heteroatoms. The Morgan fingerprint density at radius 2 is 1.33 bits per heavy atom. The second-order valence-corrected chi connectivity index (χ2v) is 13.9. The van der Waals surface area contributed by atoms with Crippen LogP contribution >= 0.6 is 0 Å². The molecule has 0 unspecified atom stereocenters. The number of para-hydroxylation sites is 2. The number of hydrogen-bond acceptors (Lipinski definition) is 3. The van der Waals surface area contributed by atoms with Gasteiger partial charge in [-0.2, -0.15) is 0 Å². The molecule has 1 aliphatic carbocycles. The molecule has 0 aliphatic heterocycles. The molecule has 1 N–H and O–H groups in total. The standard InChI is InChI=1S/C44H39N3O/c1-44(2,3)34-25-32(24-33(26-34)38-20-11-12-23-45-38)36-19-13-22-40-42(36)46-43(37-27-30-16-7-8-17-31(30)28-41(37)48)47(40)39-21-10-9-18-35(39)29-14-5-4-6-15-29/h4-6,9-15,18-28,48H,7-8,16-17H2,1-3H3. The molecule has 0 saturated heterocycles. The van der Waals surface area contributed by atoms with E-state index in [4.69, 9.17) is 9.97 Å². The Hall–Kier alpha value is -5.48. The summed E-state index contributed by atoms with van der Waals surface area (Å²) >= 11 is 0. The molecule has 2 heterocycles. The van der Waals surface area contributed by atoms with E-state index in [-0.39, 0.29) is 11.2 Å². The number of benzene rings is 5. The smallest absolute Gasteiger partial charge is 0.149 e. The van der Waals surface area contributed by atoms with E-state index in [1.165, 1.54) is 16.7 Å². The van der Waals surface area contributed by atoms with E-state index in [2.05, 4.69) is 122 Å². The predicted molar refractivity (Wildman–Crippen MR) is 198 cm³/mol. The lowest BCUT2D eigenvalue weighted by Gasteiger charge is -2.21. The average molecular weight is 626 g/mol. The van der Waals surface area contributed by atoms with Gasteiger partial charge in [-0.25, -0.2) is 4.98 Å². The van der Waals surface area contributed by atoms with Gasteiger partial charge in [0.1, 0.15) is 11.6 Å². The molecule has 0 bridgehead atoms. The molecule has 236 valence electrons. The Balaban J connectivity index is 1.43. The first-order valence-corrected chi connectivity index (χ1v) is 16.9. The average Bonchev–Trinajstić information content (AvgIpc) is 3.51. The molecule has 0 spiro atoms. The summed E-state index contributed by atoms with van der Waals surface area (Å²) in [6.45, 7) is 6.75. The first-order valence-electron chi connectivity index (χ1n) is 16.9. The Kier molecular flexibility index (Phi) is 7.44. The Bertz CT molecular complexity index is 2280. The first kappa shape index (κ1) is 29.9. The molecule has 1 aliphatic rings. The predicted octanol–water partition coefficient (Wildman–Crippen LogP) is 11.0. The van der Waals surface area contributed by atoms with Gasteiger partial charge in [0.25, 0.3) is 0 Å². The summed E-state index contributed by atoms with van der Waals surface area (Å²) in [4.78, 5) is 10.2. The summed E-state index contributed by atoms with van der Waals surface area (Å²) in [7, 11) is 0. The number of aryl methyl sites for hydroxylation is 2. The summed E-state index contributed by atoms with van der Waals surface area (Å²) in [5.41, 5.74) is 13.8. The third kappa shape index (κ3) is 5.37. The summed E-state index contributed by atoms with van der Waals surface area (Å²) < 4.78 is 2.25. The minimum absolute atomic E-state index is 0.0680. The van der Waals surface area contributed by atoms with Crippen molar-refractivity contribution in [3.8, 4) is 56.3 Å². The lowest BCUT2D eigenvalue weighted by Crippen LogP contribution is -2.11. The van der Waals surface area contributed by atoms with Crippen LogP contribution in [0.25, 0.3) is 61.6 Å². The number of hydrogen-bond donors (Lipinski definition) is 1. The summed E-state index contributed by atoms with van der Waals surface area (Å²) in [6.07, 6.45) is 6.19. The number of phenols is 1. The van der Waals surface area contributed by atoms with E-state index in [9.17, 15) is 5.11 Å². The molecular weight excluding hydrogens is 587 g/mol. The molecule has 48 heavy (non-hydrogen) atoms. The highest BCUT2D eigenvalue weighted by Crippen LogP contribution is 2.42. The number of phenolic OH excluding ortho intramolecular Hbond substituents is 1. The number of nitrogens with zero attached hydrogens (tertiary/aromatic N) is 3. The summed E-state index contributed by atoms with van der Waals surface area (Å²) in [5.74, 6) is 1.02. The van der Waals surface area contributed by atoms with Crippen molar-refractivity contribution in [2.75, 3.05) is 0 Å². The fourth-order valence-electron chi connectivity index (χ4n) is 7.14. The Labute approximate surface area is 282 Å². The zero-order chi connectivity index (χ0) is 32.8. The van der Waals surface area contributed by atoms with Gasteiger partial charge in [-0.05, 0) is 107 Å². The molecule has 2 aromatic heterocycles. The van der Waals surface area contributed by atoms with Crippen LogP contribution in [0.2, 0.25) is 0 Å². The maximum Gasteiger partial charge on any atom is 0.149 e. The number of rotatable bonds is 5. The quantitative estimate of drug-likeness (QED) is 0.207. The van der Waals surface area contributed by atoms with Crippen molar-refractivity contribution < 1.29 is 5.11 Å². The second-order valence-electron chi connectivity index (χ2n) is 13.9. The molecule has 5 aromatic carbocycles. The molecule has 0 fully saturated rings. The normalized spacial score (nSPS) is 13.1. The van der Waals surface area contributed by atoms with E-state index in [1.54, 1.807) is 0 Å². The zero-order valence-corrected chi connectivity index (χ0v) is 27.7. The van der Waals surface area contributed by atoms with Crippen molar-refractivity contribution in [1.82, 2.24) is 14.5 Å². The van der Waals surface area contributed by atoms with Crippen LogP contribution in [0.5, 0.6) is 5.75 Å². The molecule has 0 saturated carbocycles. The third-order valence-corrected chi connectivity index (χ3v) is 9.69. The van der Waals surface area contributed by atoms with Crippen molar-refractivity contribution in [1.29, 1.82) is 0 Å². The lowest BCUT2D eigenvalue weighted by atomic mass is 9.83. The Morgan fingerprint density at radius 1 is 0.625 bits per heavy atom. The number of pyridine rings is 1. The molecule has 0 atom stereocenters. The third-order valence-electron chi connectivity index (χ3n) is 9.69. The second kappa shape index (κ2) is 12.0. The van der Waals surface area contributed by atoms with E-state index in [0.717, 1.165) is 87.3 Å². The topological polar surface area (TPSA) is 50.9 Å². The SMILES string of the molecule is CC(C)(C)c1cc(-c2ccccn2)cc(-c2cccc3c2nc(-c2cc4c(cc2O)CCCC4)n3-c2ccccc2-c2ccccc2)c1. The van der Waals surface area contributed by atoms with E-state index in [1.807, 2.05) is 30.5 Å². The lowest BCUT2D eigenvalue weighted by molar-refractivity contribution is 0.474. The number of fused-ring (bicyclic) bond motifs is 2.